The summed E-state index contributed by atoms with van der Waals surface area (Å²) in [6, 6.07) is 11.4. The van der Waals surface area contributed by atoms with Crippen LogP contribution >= 0.6 is 11.6 Å². The highest BCUT2D eigenvalue weighted by Gasteiger charge is 2.29. The molecule has 28 heavy (non-hydrogen) atoms. The minimum atomic E-state index is -0.152. The first-order chi connectivity index (χ1) is 13.6. The van der Waals surface area contributed by atoms with Crippen molar-refractivity contribution in [1.82, 2.24) is 15.2 Å². The predicted molar refractivity (Wildman–Crippen MR) is 110 cm³/mol. The number of carbonyl (C=O) groups excluding carboxylic acids is 2. The number of piperidine rings is 1. The first-order valence-corrected chi connectivity index (χ1v) is 9.93. The molecule has 148 valence electrons. The summed E-state index contributed by atoms with van der Waals surface area (Å²) in [4.78, 5) is 30.5. The van der Waals surface area contributed by atoms with E-state index < -0.39 is 0 Å². The molecule has 0 aliphatic carbocycles. The number of nitrogens with one attached hydrogen (secondary N) is 2. The van der Waals surface area contributed by atoms with Crippen molar-refractivity contribution >= 4 is 29.1 Å². The second kappa shape index (κ2) is 10.1. The van der Waals surface area contributed by atoms with E-state index in [1.165, 1.54) is 0 Å². The number of hydrogen-bond acceptors (Lipinski definition) is 4. The molecule has 2 N–H and O–H groups in total. The van der Waals surface area contributed by atoms with Crippen LogP contribution in [0.1, 0.15) is 18.4 Å². The molecule has 6 nitrogen and oxygen atoms in total. The lowest BCUT2D eigenvalue weighted by Gasteiger charge is -2.32. The molecule has 1 atom stereocenters. The number of carbonyl (C=O) groups is 2. The van der Waals surface area contributed by atoms with Crippen LogP contribution in [-0.2, 0) is 16.0 Å². The molecule has 1 aromatic carbocycles. The highest BCUT2D eigenvalue weighted by molar-refractivity contribution is 6.30. The first kappa shape index (κ1) is 20.1. The third-order valence-corrected chi connectivity index (χ3v) is 5.12. The van der Waals surface area contributed by atoms with Gasteiger partial charge in [-0.3, -0.25) is 14.6 Å². The number of benzene rings is 1. The van der Waals surface area contributed by atoms with E-state index in [2.05, 4.69) is 15.6 Å². The number of amides is 2. The number of aromatic nitrogens is 1. The molecule has 2 aromatic rings. The molecule has 2 heterocycles. The Morgan fingerprint density at radius 1 is 1.21 bits per heavy atom. The summed E-state index contributed by atoms with van der Waals surface area (Å²) in [6.45, 7) is 2.26. The van der Waals surface area contributed by atoms with Gasteiger partial charge in [-0.1, -0.05) is 23.7 Å². The van der Waals surface area contributed by atoms with Crippen molar-refractivity contribution in [1.29, 1.82) is 0 Å². The van der Waals surface area contributed by atoms with Gasteiger partial charge in [-0.05, 0) is 42.7 Å². The summed E-state index contributed by atoms with van der Waals surface area (Å²) in [6.07, 6.45) is 5.25. The Balaban J connectivity index is 1.41. The lowest BCUT2D eigenvalue weighted by molar-refractivity contribution is -0.138. The molecular weight excluding hydrogens is 376 g/mol. The highest BCUT2D eigenvalue weighted by Crippen LogP contribution is 2.19. The van der Waals surface area contributed by atoms with Crippen LogP contribution in [0.25, 0.3) is 0 Å². The molecule has 0 unspecified atom stereocenters. The van der Waals surface area contributed by atoms with Crippen LogP contribution in [0.2, 0.25) is 5.02 Å². The van der Waals surface area contributed by atoms with Gasteiger partial charge in [-0.15, -0.1) is 0 Å². The molecule has 0 saturated carbocycles. The second-order valence-corrected chi connectivity index (χ2v) is 7.35. The van der Waals surface area contributed by atoms with E-state index in [-0.39, 0.29) is 17.7 Å². The molecule has 0 radical (unpaired) electrons. The van der Waals surface area contributed by atoms with Crippen molar-refractivity contribution in [2.75, 3.05) is 31.5 Å². The zero-order chi connectivity index (χ0) is 19.8. The van der Waals surface area contributed by atoms with Crippen LogP contribution in [0.5, 0.6) is 0 Å². The van der Waals surface area contributed by atoms with Crippen LogP contribution in [0.4, 0.5) is 5.69 Å². The van der Waals surface area contributed by atoms with E-state index in [4.69, 9.17) is 11.6 Å². The Bertz CT molecular complexity index is 783. The maximum atomic E-state index is 12.5. The largest absolute Gasteiger partial charge is 0.382 e. The monoisotopic (exact) mass is 400 g/mol. The Kier molecular flexibility index (Phi) is 7.25. The molecule has 1 fully saturated rings. The van der Waals surface area contributed by atoms with Gasteiger partial charge < -0.3 is 15.5 Å². The van der Waals surface area contributed by atoms with Crippen LogP contribution in [0.3, 0.4) is 0 Å². The molecule has 1 aliphatic heterocycles. The molecule has 2 amide bonds. The number of pyridine rings is 1. The normalized spacial score (nSPS) is 16.7. The van der Waals surface area contributed by atoms with Gasteiger partial charge in [0, 0.05) is 50.0 Å². The van der Waals surface area contributed by atoms with Crippen molar-refractivity contribution in [2.45, 2.75) is 19.3 Å². The van der Waals surface area contributed by atoms with Gasteiger partial charge >= 0.3 is 0 Å². The van der Waals surface area contributed by atoms with E-state index in [1.54, 1.807) is 17.3 Å². The molecular formula is C21H25ClN4O2. The van der Waals surface area contributed by atoms with Gasteiger partial charge in [-0.2, -0.15) is 0 Å². The highest BCUT2D eigenvalue weighted by atomic mass is 35.5. The van der Waals surface area contributed by atoms with E-state index in [0.29, 0.717) is 44.0 Å². The standard InChI is InChI=1S/C21H25ClN4O2/c22-18-6-3-16(4-7-18)9-13-26-15-17(5-8-20(26)27)21(28)25-12-11-24-19-2-1-10-23-14-19/h1-4,6-7,10,14,17,24H,5,8-9,11-13,15H2,(H,25,28)/t17-/m0/s1. The van der Waals surface area contributed by atoms with Gasteiger partial charge in [0.15, 0.2) is 0 Å². The fourth-order valence-corrected chi connectivity index (χ4v) is 3.39. The molecule has 1 saturated heterocycles. The predicted octanol–water partition coefficient (Wildman–Crippen LogP) is 2.74. The van der Waals surface area contributed by atoms with Crippen molar-refractivity contribution in [3.8, 4) is 0 Å². The first-order valence-electron chi connectivity index (χ1n) is 9.55. The number of nitrogens with zero attached hydrogens (tertiary/aromatic N) is 2. The number of hydrogen-bond donors (Lipinski definition) is 2. The maximum absolute atomic E-state index is 12.5. The second-order valence-electron chi connectivity index (χ2n) is 6.91. The van der Waals surface area contributed by atoms with Crippen molar-refractivity contribution in [3.05, 3.63) is 59.4 Å². The maximum Gasteiger partial charge on any atom is 0.224 e. The third-order valence-electron chi connectivity index (χ3n) is 4.87. The van der Waals surface area contributed by atoms with Crippen LogP contribution in [-0.4, -0.2) is 47.9 Å². The van der Waals surface area contributed by atoms with Crippen LogP contribution < -0.4 is 10.6 Å². The van der Waals surface area contributed by atoms with Crippen LogP contribution in [0.15, 0.2) is 48.8 Å². The van der Waals surface area contributed by atoms with Gasteiger partial charge in [-0.25, -0.2) is 0 Å². The van der Waals surface area contributed by atoms with Gasteiger partial charge in [0.05, 0.1) is 11.6 Å². The summed E-state index contributed by atoms with van der Waals surface area (Å²) < 4.78 is 0. The Hall–Kier alpha value is -2.60. The molecule has 1 aromatic heterocycles. The van der Waals surface area contributed by atoms with Crippen molar-refractivity contribution in [3.63, 3.8) is 0 Å². The third kappa shape index (κ3) is 5.96. The van der Waals surface area contributed by atoms with Gasteiger partial charge in [0.2, 0.25) is 11.8 Å². The molecule has 0 spiro atoms. The minimum absolute atomic E-state index is 0.0111. The number of likely N-dealkylation sites (tertiary alicyclic amines) is 1. The molecule has 0 bridgehead atoms. The van der Waals surface area contributed by atoms with Crippen molar-refractivity contribution in [2.24, 2.45) is 5.92 Å². The summed E-state index contributed by atoms with van der Waals surface area (Å²) in [5.41, 5.74) is 2.05. The molecule has 3 rings (SSSR count). The van der Waals surface area contributed by atoms with E-state index >= 15 is 0 Å². The average molecular weight is 401 g/mol. The van der Waals surface area contributed by atoms with Gasteiger partial charge in [0.25, 0.3) is 0 Å². The smallest absolute Gasteiger partial charge is 0.224 e. The summed E-state index contributed by atoms with van der Waals surface area (Å²) >= 11 is 5.91. The zero-order valence-electron chi connectivity index (χ0n) is 15.7. The van der Waals surface area contributed by atoms with E-state index in [1.807, 2.05) is 36.4 Å². The Labute approximate surface area is 170 Å². The number of rotatable bonds is 8. The fourth-order valence-electron chi connectivity index (χ4n) is 3.26. The molecule has 7 heteroatoms. The lowest BCUT2D eigenvalue weighted by atomic mass is 9.96. The minimum Gasteiger partial charge on any atom is -0.382 e. The van der Waals surface area contributed by atoms with Crippen LogP contribution in [0, 0.1) is 5.92 Å². The topological polar surface area (TPSA) is 74.3 Å². The lowest BCUT2D eigenvalue weighted by Crippen LogP contribution is -2.47. The zero-order valence-corrected chi connectivity index (χ0v) is 16.5. The fraction of sp³-hybridized carbons (Fsp3) is 0.381. The summed E-state index contributed by atoms with van der Waals surface area (Å²) in [5, 5.41) is 6.88. The Morgan fingerprint density at radius 2 is 2.04 bits per heavy atom. The van der Waals surface area contributed by atoms with E-state index in [9.17, 15) is 9.59 Å². The summed E-state index contributed by atoms with van der Waals surface area (Å²) in [5.74, 6) is -0.0189. The summed E-state index contributed by atoms with van der Waals surface area (Å²) in [7, 11) is 0. The SMILES string of the molecule is O=C(NCCNc1cccnc1)[C@H]1CCC(=O)N(CCc2ccc(Cl)cc2)C1. The quantitative estimate of drug-likeness (QED) is 0.668. The number of halogens is 1. The average Bonchev–Trinajstić information content (AvgIpc) is 2.72. The van der Waals surface area contributed by atoms with Gasteiger partial charge in [0.1, 0.15) is 0 Å². The molecule has 1 aliphatic rings. The van der Waals surface area contributed by atoms with E-state index in [0.717, 1.165) is 17.7 Å². The number of anilines is 1. The Morgan fingerprint density at radius 3 is 2.79 bits per heavy atom. The van der Waals surface area contributed by atoms with Crippen molar-refractivity contribution < 1.29 is 9.59 Å².